The predicted octanol–water partition coefficient (Wildman–Crippen LogP) is 2.94. The molecule has 1 aliphatic rings. The van der Waals surface area contributed by atoms with Crippen LogP contribution in [0.15, 0.2) is 48.9 Å². The number of anilines is 1. The SMILES string of the molecule is Fc1ccc(CN2CCC(Nc3ncnn4cccc34)CC2)cc1. The Balaban J connectivity index is 1.34. The van der Waals surface area contributed by atoms with Crippen molar-refractivity contribution in [3.63, 3.8) is 0 Å². The first-order valence-corrected chi connectivity index (χ1v) is 8.29. The zero-order chi connectivity index (χ0) is 16.4. The number of halogens is 1. The van der Waals surface area contributed by atoms with Gasteiger partial charge in [0, 0.05) is 31.9 Å². The molecule has 1 fully saturated rings. The lowest BCUT2D eigenvalue weighted by atomic mass is 10.0. The van der Waals surface area contributed by atoms with Crippen LogP contribution in [0.25, 0.3) is 5.52 Å². The van der Waals surface area contributed by atoms with Gasteiger partial charge in [0.25, 0.3) is 0 Å². The number of hydrogen-bond donors (Lipinski definition) is 1. The fourth-order valence-corrected chi connectivity index (χ4v) is 3.25. The standard InChI is InChI=1S/C18H20FN5/c19-15-5-3-14(4-6-15)12-23-10-7-16(8-11-23)22-18-17-2-1-9-24(17)21-13-20-18/h1-6,9,13,16H,7-8,10-12H2,(H,20,21,22). The number of nitrogens with one attached hydrogen (secondary N) is 1. The van der Waals surface area contributed by atoms with Crippen molar-refractivity contribution in [2.75, 3.05) is 18.4 Å². The average Bonchev–Trinajstić information content (AvgIpc) is 3.08. The Labute approximate surface area is 140 Å². The Kier molecular flexibility index (Phi) is 4.13. The van der Waals surface area contributed by atoms with E-state index in [0.717, 1.165) is 49.4 Å². The molecule has 24 heavy (non-hydrogen) atoms. The molecule has 0 saturated carbocycles. The molecule has 1 N–H and O–H groups in total. The van der Waals surface area contributed by atoms with E-state index in [9.17, 15) is 4.39 Å². The van der Waals surface area contributed by atoms with Crippen LogP contribution in [0, 0.1) is 5.82 Å². The predicted molar refractivity (Wildman–Crippen MR) is 91.3 cm³/mol. The van der Waals surface area contributed by atoms with Gasteiger partial charge in [0.1, 0.15) is 17.7 Å². The lowest BCUT2D eigenvalue weighted by Crippen LogP contribution is -2.38. The van der Waals surface area contributed by atoms with Crippen molar-refractivity contribution in [2.45, 2.75) is 25.4 Å². The average molecular weight is 325 g/mol. The van der Waals surface area contributed by atoms with Crippen molar-refractivity contribution in [1.82, 2.24) is 19.5 Å². The van der Waals surface area contributed by atoms with Crippen molar-refractivity contribution in [3.8, 4) is 0 Å². The largest absolute Gasteiger partial charge is 0.365 e. The Morgan fingerprint density at radius 3 is 2.71 bits per heavy atom. The fraction of sp³-hybridized carbons (Fsp3) is 0.333. The van der Waals surface area contributed by atoms with Crippen LogP contribution < -0.4 is 5.32 Å². The highest BCUT2D eigenvalue weighted by Gasteiger charge is 2.20. The molecule has 0 atom stereocenters. The van der Waals surface area contributed by atoms with Crippen molar-refractivity contribution in [3.05, 3.63) is 60.3 Å². The van der Waals surface area contributed by atoms with Crippen molar-refractivity contribution < 1.29 is 4.39 Å². The summed E-state index contributed by atoms with van der Waals surface area (Å²) in [4.78, 5) is 6.79. The number of rotatable bonds is 4. The summed E-state index contributed by atoms with van der Waals surface area (Å²) in [5.74, 6) is 0.718. The van der Waals surface area contributed by atoms with E-state index in [1.54, 1.807) is 6.33 Å². The molecule has 1 saturated heterocycles. The molecule has 6 heteroatoms. The van der Waals surface area contributed by atoms with Crippen LogP contribution in [-0.2, 0) is 6.54 Å². The summed E-state index contributed by atoms with van der Waals surface area (Å²) in [7, 11) is 0. The van der Waals surface area contributed by atoms with Crippen LogP contribution in [0.5, 0.6) is 0 Å². The van der Waals surface area contributed by atoms with Gasteiger partial charge in [0.05, 0.1) is 0 Å². The third-order valence-corrected chi connectivity index (χ3v) is 4.58. The van der Waals surface area contributed by atoms with Gasteiger partial charge in [-0.2, -0.15) is 5.10 Å². The first-order chi connectivity index (χ1) is 11.8. The third-order valence-electron chi connectivity index (χ3n) is 4.58. The molecule has 0 aliphatic carbocycles. The molecule has 0 unspecified atom stereocenters. The van der Waals surface area contributed by atoms with Crippen LogP contribution in [0.2, 0.25) is 0 Å². The highest BCUT2D eigenvalue weighted by molar-refractivity contribution is 5.67. The molecular formula is C18H20FN5. The summed E-state index contributed by atoms with van der Waals surface area (Å²) in [6.07, 6.45) is 5.64. The minimum Gasteiger partial charge on any atom is -0.365 e. The quantitative estimate of drug-likeness (QED) is 0.801. The normalized spacial score (nSPS) is 16.5. The van der Waals surface area contributed by atoms with Crippen LogP contribution in [0.1, 0.15) is 18.4 Å². The van der Waals surface area contributed by atoms with Gasteiger partial charge in [-0.25, -0.2) is 13.9 Å². The maximum Gasteiger partial charge on any atom is 0.154 e. The van der Waals surface area contributed by atoms with Gasteiger partial charge in [-0.3, -0.25) is 4.90 Å². The van der Waals surface area contributed by atoms with E-state index >= 15 is 0 Å². The molecule has 1 aromatic carbocycles. The molecule has 3 aromatic rings. The van der Waals surface area contributed by atoms with Gasteiger partial charge in [0.15, 0.2) is 5.82 Å². The molecule has 1 aliphatic heterocycles. The van der Waals surface area contributed by atoms with E-state index in [0.29, 0.717) is 6.04 Å². The summed E-state index contributed by atoms with van der Waals surface area (Å²) >= 11 is 0. The van der Waals surface area contributed by atoms with E-state index in [-0.39, 0.29) is 5.82 Å². The molecule has 5 nitrogen and oxygen atoms in total. The zero-order valence-electron chi connectivity index (χ0n) is 13.4. The molecule has 4 rings (SSSR count). The Morgan fingerprint density at radius 1 is 1.12 bits per heavy atom. The van der Waals surface area contributed by atoms with E-state index in [2.05, 4.69) is 20.3 Å². The number of piperidine rings is 1. The second-order valence-electron chi connectivity index (χ2n) is 6.27. The number of fused-ring (bicyclic) bond motifs is 1. The van der Waals surface area contributed by atoms with Gasteiger partial charge < -0.3 is 5.32 Å². The van der Waals surface area contributed by atoms with E-state index in [1.807, 2.05) is 35.0 Å². The number of likely N-dealkylation sites (tertiary alicyclic amines) is 1. The number of hydrogen-bond acceptors (Lipinski definition) is 4. The summed E-state index contributed by atoms with van der Waals surface area (Å²) in [6, 6.07) is 11.2. The molecule has 0 bridgehead atoms. The van der Waals surface area contributed by atoms with Gasteiger partial charge in [-0.05, 0) is 42.7 Å². The Morgan fingerprint density at radius 2 is 1.92 bits per heavy atom. The lowest BCUT2D eigenvalue weighted by molar-refractivity contribution is 0.211. The maximum atomic E-state index is 13.0. The van der Waals surface area contributed by atoms with Crippen LogP contribution in [0.4, 0.5) is 10.2 Å². The summed E-state index contributed by atoms with van der Waals surface area (Å²) < 4.78 is 14.8. The monoisotopic (exact) mass is 325 g/mol. The van der Waals surface area contributed by atoms with Crippen molar-refractivity contribution in [1.29, 1.82) is 0 Å². The number of nitrogens with zero attached hydrogens (tertiary/aromatic N) is 4. The molecule has 0 radical (unpaired) electrons. The highest BCUT2D eigenvalue weighted by atomic mass is 19.1. The van der Waals surface area contributed by atoms with Crippen LogP contribution in [-0.4, -0.2) is 38.6 Å². The van der Waals surface area contributed by atoms with Gasteiger partial charge >= 0.3 is 0 Å². The van der Waals surface area contributed by atoms with Crippen LogP contribution in [0.3, 0.4) is 0 Å². The van der Waals surface area contributed by atoms with Gasteiger partial charge in [-0.15, -0.1) is 0 Å². The number of benzene rings is 1. The Bertz CT molecular complexity index is 806. The highest BCUT2D eigenvalue weighted by Crippen LogP contribution is 2.20. The molecule has 0 amide bonds. The number of aromatic nitrogens is 3. The second-order valence-corrected chi connectivity index (χ2v) is 6.27. The first-order valence-electron chi connectivity index (χ1n) is 8.29. The van der Waals surface area contributed by atoms with Crippen LogP contribution >= 0.6 is 0 Å². The molecule has 2 aromatic heterocycles. The Hall–Kier alpha value is -2.47. The molecular weight excluding hydrogens is 305 g/mol. The summed E-state index contributed by atoms with van der Waals surface area (Å²) in [6.45, 7) is 2.93. The van der Waals surface area contributed by atoms with E-state index < -0.39 is 0 Å². The van der Waals surface area contributed by atoms with Gasteiger partial charge in [0.2, 0.25) is 0 Å². The third kappa shape index (κ3) is 3.23. The second kappa shape index (κ2) is 6.57. The van der Waals surface area contributed by atoms with E-state index in [4.69, 9.17) is 0 Å². The fourth-order valence-electron chi connectivity index (χ4n) is 3.25. The smallest absolute Gasteiger partial charge is 0.154 e. The molecule has 3 heterocycles. The molecule has 124 valence electrons. The van der Waals surface area contributed by atoms with Crippen molar-refractivity contribution >= 4 is 11.3 Å². The first kappa shape index (κ1) is 15.1. The van der Waals surface area contributed by atoms with E-state index in [1.165, 1.54) is 12.1 Å². The maximum absolute atomic E-state index is 13.0. The van der Waals surface area contributed by atoms with Crippen molar-refractivity contribution in [2.24, 2.45) is 0 Å². The van der Waals surface area contributed by atoms with Gasteiger partial charge in [-0.1, -0.05) is 12.1 Å². The zero-order valence-corrected chi connectivity index (χ0v) is 13.4. The minimum absolute atomic E-state index is 0.178. The summed E-state index contributed by atoms with van der Waals surface area (Å²) in [5.41, 5.74) is 2.17. The minimum atomic E-state index is -0.178. The molecule has 0 spiro atoms. The summed E-state index contributed by atoms with van der Waals surface area (Å²) in [5, 5.41) is 7.74. The lowest BCUT2D eigenvalue weighted by Gasteiger charge is -2.32. The topological polar surface area (TPSA) is 45.5 Å².